The molecule has 4 N–H and O–H groups in total. The van der Waals surface area contributed by atoms with Crippen molar-refractivity contribution in [2.75, 3.05) is 0 Å². The SMILES string of the molecule is O=P(O)(O)Oc1cc(O)cc(/C=C/c2ccc(O)cc2)c1.[H-].[H-].[H-].[Na+].[Na+].[Na+]. The van der Waals surface area contributed by atoms with Gasteiger partial charge in [0.25, 0.3) is 0 Å². The Labute approximate surface area is 210 Å². The molecular weight excluding hydrogens is 364 g/mol. The third-order valence-electron chi connectivity index (χ3n) is 2.50. The molecule has 0 unspecified atom stereocenters. The topological polar surface area (TPSA) is 107 Å². The van der Waals surface area contributed by atoms with Crippen LogP contribution in [-0.4, -0.2) is 20.0 Å². The molecule has 0 bridgehead atoms. The molecule has 0 aromatic heterocycles. The Morgan fingerprint density at radius 1 is 0.833 bits per heavy atom. The van der Waals surface area contributed by atoms with Crippen molar-refractivity contribution in [2.24, 2.45) is 0 Å². The first kappa shape index (κ1) is 27.0. The summed E-state index contributed by atoms with van der Waals surface area (Å²) in [5.41, 5.74) is 1.32. The van der Waals surface area contributed by atoms with E-state index >= 15 is 0 Å². The molecule has 2 rings (SSSR count). The van der Waals surface area contributed by atoms with E-state index in [1.54, 1.807) is 24.3 Å². The molecule has 10 heteroatoms. The third kappa shape index (κ3) is 10.0. The molecule has 0 amide bonds. The van der Waals surface area contributed by atoms with E-state index in [4.69, 9.17) is 9.79 Å². The van der Waals surface area contributed by atoms with Crippen LogP contribution in [0.5, 0.6) is 17.2 Å². The van der Waals surface area contributed by atoms with Crippen molar-refractivity contribution in [1.82, 2.24) is 0 Å². The van der Waals surface area contributed by atoms with E-state index in [1.807, 2.05) is 0 Å². The average Bonchev–Trinajstić information content (AvgIpc) is 2.35. The number of rotatable bonds is 4. The third-order valence-corrected chi connectivity index (χ3v) is 2.95. The molecule has 0 fully saturated rings. The van der Waals surface area contributed by atoms with Crippen molar-refractivity contribution >= 4 is 20.0 Å². The number of phenolic OH excluding ortho intramolecular Hbond substituents is 2. The monoisotopic (exact) mass is 380 g/mol. The quantitative estimate of drug-likeness (QED) is 0.239. The molecule has 0 saturated carbocycles. The Hall–Kier alpha value is 0.730. The maximum atomic E-state index is 10.8. The molecule has 0 spiro atoms. The molecule has 0 saturated heterocycles. The summed E-state index contributed by atoms with van der Waals surface area (Å²) in [4.78, 5) is 17.5. The predicted molar refractivity (Wildman–Crippen MR) is 81.1 cm³/mol. The summed E-state index contributed by atoms with van der Waals surface area (Å²) in [6.07, 6.45) is 3.36. The van der Waals surface area contributed by atoms with Gasteiger partial charge < -0.3 is 19.0 Å². The van der Waals surface area contributed by atoms with Gasteiger partial charge in [-0.25, -0.2) is 4.57 Å². The van der Waals surface area contributed by atoms with Crippen molar-refractivity contribution < 1.29 is 122 Å². The number of phenols is 2. The van der Waals surface area contributed by atoms with Crippen LogP contribution in [0.2, 0.25) is 0 Å². The van der Waals surface area contributed by atoms with Gasteiger partial charge in [0.1, 0.15) is 17.2 Å². The van der Waals surface area contributed by atoms with Gasteiger partial charge in [0, 0.05) is 6.07 Å². The molecule has 2 aromatic rings. The van der Waals surface area contributed by atoms with E-state index in [2.05, 4.69) is 4.52 Å². The Bertz CT molecular complexity index is 729. The molecule has 2 aromatic carbocycles. The van der Waals surface area contributed by atoms with Crippen molar-refractivity contribution in [2.45, 2.75) is 0 Å². The zero-order valence-corrected chi connectivity index (χ0v) is 20.6. The van der Waals surface area contributed by atoms with Crippen molar-refractivity contribution in [3.05, 3.63) is 53.6 Å². The van der Waals surface area contributed by atoms with Gasteiger partial charge in [-0.2, -0.15) is 0 Å². The van der Waals surface area contributed by atoms with Gasteiger partial charge in [0.2, 0.25) is 0 Å². The zero-order chi connectivity index (χ0) is 15.5. The van der Waals surface area contributed by atoms with Gasteiger partial charge in [-0.15, -0.1) is 0 Å². The molecule has 116 valence electrons. The summed E-state index contributed by atoms with van der Waals surface area (Å²) < 4.78 is 15.2. The fraction of sp³-hybridized carbons (Fsp3) is 0. The van der Waals surface area contributed by atoms with E-state index in [0.29, 0.717) is 5.56 Å². The van der Waals surface area contributed by atoms with Gasteiger partial charge in [-0.3, -0.25) is 9.79 Å². The van der Waals surface area contributed by atoms with Crippen molar-refractivity contribution in [1.29, 1.82) is 0 Å². The standard InChI is InChI=1S/C14H13O6P.3Na.3H/c15-12-5-3-10(4-6-12)1-2-11-7-13(16)9-14(8-11)20-21(17,18)19;;;;;;/h1-9,15-16H,(H2,17,18,19);;;;;;/q;3*+1;3*-1/b2-1+;;;;;;. The minimum Gasteiger partial charge on any atom is -1.00 e. The summed E-state index contributed by atoms with van der Waals surface area (Å²) in [5, 5.41) is 18.7. The summed E-state index contributed by atoms with van der Waals surface area (Å²) in [7, 11) is -4.67. The number of hydrogen-bond acceptors (Lipinski definition) is 4. The Balaban J connectivity index is -0.000000269. The van der Waals surface area contributed by atoms with Crippen LogP contribution in [0, 0.1) is 0 Å². The van der Waals surface area contributed by atoms with Gasteiger partial charge in [-0.1, -0.05) is 24.3 Å². The number of phosphoric acid groups is 1. The van der Waals surface area contributed by atoms with Gasteiger partial charge in [-0.05, 0) is 35.4 Å². The Kier molecular flexibility index (Phi) is 13.7. The fourth-order valence-electron chi connectivity index (χ4n) is 1.67. The van der Waals surface area contributed by atoms with Crippen LogP contribution in [0.15, 0.2) is 42.5 Å². The Morgan fingerprint density at radius 3 is 1.92 bits per heavy atom. The van der Waals surface area contributed by atoms with Crippen molar-refractivity contribution in [3.63, 3.8) is 0 Å². The van der Waals surface area contributed by atoms with Crippen LogP contribution in [0.1, 0.15) is 15.4 Å². The maximum absolute atomic E-state index is 10.8. The second kappa shape index (κ2) is 12.2. The Morgan fingerprint density at radius 2 is 1.38 bits per heavy atom. The van der Waals surface area contributed by atoms with Gasteiger partial charge in [0.05, 0.1) is 0 Å². The second-order valence-corrected chi connectivity index (χ2v) is 5.43. The number of benzene rings is 2. The summed E-state index contributed by atoms with van der Waals surface area (Å²) in [6.45, 7) is 0. The van der Waals surface area contributed by atoms with Crippen LogP contribution in [0.4, 0.5) is 0 Å². The summed E-state index contributed by atoms with van der Waals surface area (Å²) in [6, 6.07) is 10.4. The number of hydrogen-bond donors (Lipinski definition) is 4. The predicted octanol–water partition coefficient (Wildman–Crippen LogP) is -5.91. The molecule has 0 radical (unpaired) electrons. The van der Waals surface area contributed by atoms with Crippen molar-refractivity contribution in [3.8, 4) is 17.2 Å². The summed E-state index contributed by atoms with van der Waals surface area (Å²) >= 11 is 0. The summed E-state index contributed by atoms with van der Waals surface area (Å²) in [5.74, 6) is -0.151. The first-order chi connectivity index (χ1) is 9.82. The normalized spacial score (nSPS) is 10.2. The van der Waals surface area contributed by atoms with Crippen LogP contribution < -0.4 is 93.2 Å². The van der Waals surface area contributed by atoms with Crippen LogP contribution >= 0.6 is 7.82 Å². The van der Waals surface area contributed by atoms with Crippen LogP contribution in [0.25, 0.3) is 12.2 Å². The molecule has 0 aliphatic carbocycles. The maximum Gasteiger partial charge on any atom is 1.00 e. The molecule has 0 aliphatic rings. The zero-order valence-electron chi connectivity index (χ0n) is 16.7. The van der Waals surface area contributed by atoms with E-state index in [1.165, 1.54) is 24.3 Å². The van der Waals surface area contributed by atoms with E-state index in [9.17, 15) is 14.8 Å². The molecule has 0 atom stereocenters. The average molecular weight is 380 g/mol. The molecular formula is C14H16Na3O6P. The molecule has 6 nitrogen and oxygen atoms in total. The minimum atomic E-state index is -4.67. The first-order valence-electron chi connectivity index (χ1n) is 5.88. The van der Waals surface area contributed by atoms with Gasteiger partial charge >= 0.3 is 96.5 Å². The fourth-order valence-corrected chi connectivity index (χ4v) is 2.05. The first-order valence-corrected chi connectivity index (χ1v) is 7.41. The van der Waals surface area contributed by atoms with Crippen LogP contribution in [-0.2, 0) is 4.57 Å². The van der Waals surface area contributed by atoms with Crippen LogP contribution in [0.3, 0.4) is 0 Å². The minimum absolute atomic E-state index is 0. The van der Waals surface area contributed by atoms with E-state index in [-0.39, 0.29) is 110 Å². The number of aromatic hydroxyl groups is 2. The number of phosphoric ester groups is 1. The smallest absolute Gasteiger partial charge is 1.00 e. The molecule has 24 heavy (non-hydrogen) atoms. The molecule has 0 heterocycles. The molecule has 0 aliphatic heterocycles. The second-order valence-electron chi connectivity index (χ2n) is 4.27. The largest absolute Gasteiger partial charge is 1.00 e. The van der Waals surface area contributed by atoms with Gasteiger partial charge in [0.15, 0.2) is 0 Å². The van der Waals surface area contributed by atoms with E-state index < -0.39 is 7.82 Å². The van der Waals surface area contributed by atoms with E-state index in [0.717, 1.165) is 11.6 Å².